The van der Waals surface area contributed by atoms with E-state index >= 15 is 0 Å². The van der Waals surface area contributed by atoms with Gasteiger partial charge in [0.1, 0.15) is 0 Å². The van der Waals surface area contributed by atoms with Gasteiger partial charge in [-0.15, -0.1) is 0 Å². The van der Waals surface area contributed by atoms with Crippen LogP contribution in [0.4, 0.5) is 5.69 Å². The van der Waals surface area contributed by atoms with Gasteiger partial charge in [0.05, 0.1) is 19.6 Å². The fourth-order valence-corrected chi connectivity index (χ4v) is 8.07. The summed E-state index contributed by atoms with van der Waals surface area (Å²) < 4.78 is 30.0. The molecule has 2 aromatic carbocycles. The summed E-state index contributed by atoms with van der Waals surface area (Å²) >= 11 is 0. The van der Waals surface area contributed by atoms with Crippen molar-refractivity contribution in [2.75, 3.05) is 11.9 Å². The van der Waals surface area contributed by atoms with Gasteiger partial charge in [-0.3, -0.25) is 8.98 Å². The Morgan fingerprint density at radius 1 is 1.07 bits per heavy atom. The highest BCUT2D eigenvalue weighted by Gasteiger charge is 2.31. The molecule has 0 spiro atoms. The van der Waals surface area contributed by atoms with E-state index in [9.17, 15) is 13.2 Å². The number of hydrogen-bond donors (Lipinski definition) is 1. The Morgan fingerprint density at radius 3 is 2.24 bits per heavy atom. The molecular formula is C22H31NO4SSi. The lowest BCUT2D eigenvalue weighted by Gasteiger charge is -2.32. The van der Waals surface area contributed by atoms with Crippen molar-refractivity contribution in [1.82, 2.24) is 0 Å². The van der Waals surface area contributed by atoms with E-state index in [1.807, 2.05) is 6.07 Å². The van der Waals surface area contributed by atoms with Crippen molar-refractivity contribution < 1.29 is 17.4 Å². The molecule has 0 heterocycles. The average Bonchev–Trinajstić information content (AvgIpc) is 2.68. The van der Waals surface area contributed by atoms with Crippen molar-refractivity contribution >= 4 is 35.0 Å². The number of rotatable bonds is 10. The number of amides is 1. The number of benzene rings is 2. The molecule has 2 aromatic rings. The first-order valence-electron chi connectivity index (χ1n) is 9.99. The van der Waals surface area contributed by atoms with Gasteiger partial charge in [0.2, 0.25) is 5.91 Å². The molecule has 0 saturated heterocycles. The van der Waals surface area contributed by atoms with Crippen LogP contribution in [0.3, 0.4) is 0 Å². The molecule has 1 atom stereocenters. The summed E-state index contributed by atoms with van der Waals surface area (Å²) in [4.78, 5) is 11.2. The average molecular weight is 434 g/mol. The van der Waals surface area contributed by atoms with Gasteiger partial charge in [0, 0.05) is 12.6 Å². The molecule has 0 fully saturated rings. The number of hydrogen-bond acceptors (Lipinski definition) is 4. The molecule has 0 aromatic heterocycles. The summed E-state index contributed by atoms with van der Waals surface area (Å²) in [6, 6.07) is 16.6. The van der Waals surface area contributed by atoms with Gasteiger partial charge >= 0.3 is 0 Å². The van der Waals surface area contributed by atoms with Gasteiger partial charge in [0.15, 0.2) is 0 Å². The van der Waals surface area contributed by atoms with Crippen molar-refractivity contribution in [2.24, 2.45) is 0 Å². The van der Waals surface area contributed by atoms with Gasteiger partial charge in [-0.1, -0.05) is 68.4 Å². The van der Waals surface area contributed by atoms with Crippen LogP contribution in [-0.2, 0) is 19.1 Å². The standard InChI is InChI=1S/C22H31NO4SSi/c1-5-21(29(3,4)22-10-7-6-8-11-22)12-9-17-27-28(25,26)20-15-13-19(14-16-20)23-18(2)24/h6-8,10-11,13-16,21H,5,9,12,17H2,1-4H3,(H,23,24). The summed E-state index contributed by atoms with van der Waals surface area (Å²) in [5.74, 6) is -0.204. The van der Waals surface area contributed by atoms with Crippen LogP contribution in [0.5, 0.6) is 0 Å². The van der Waals surface area contributed by atoms with E-state index in [1.165, 1.54) is 24.2 Å². The SMILES string of the molecule is CCC(CCCOS(=O)(=O)c1ccc(NC(C)=O)cc1)[Si](C)(C)c1ccccc1. The molecule has 1 N–H and O–H groups in total. The van der Waals surface area contributed by atoms with E-state index in [0.29, 0.717) is 17.6 Å². The summed E-state index contributed by atoms with van der Waals surface area (Å²) in [6.07, 6.45) is 2.72. The minimum absolute atomic E-state index is 0.0950. The highest BCUT2D eigenvalue weighted by molar-refractivity contribution is 7.86. The minimum atomic E-state index is -3.80. The fourth-order valence-electron chi connectivity index (χ4n) is 3.65. The highest BCUT2D eigenvalue weighted by Crippen LogP contribution is 2.30. The molecule has 2 rings (SSSR count). The monoisotopic (exact) mass is 433 g/mol. The Labute approximate surface area is 175 Å². The van der Waals surface area contributed by atoms with Gasteiger partial charge in [-0.2, -0.15) is 8.42 Å². The van der Waals surface area contributed by atoms with Gasteiger partial charge in [-0.25, -0.2) is 0 Å². The van der Waals surface area contributed by atoms with E-state index < -0.39 is 18.2 Å². The minimum Gasteiger partial charge on any atom is -0.326 e. The Kier molecular flexibility index (Phi) is 8.19. The van der Waals surface area contributed by atoms with E-state index in [-0.39, 0.29) is 17.4 Å². The molecule has 7 heteroatoms. The van der Waals surface area contributed by atoms with Crippen LogP contribution in [0.15, 0.2) is 59.5 Å². The van der Waals surface area contributed by atoms with E-state index in [2.05, 4.69) is 49.6 Å². The summed E-state index contributed by atoms with van der Waals surface area (Å²) in [6.45, 7) is 8.54. The molecule has 0 saturated carbocycles. The molecule has 29 heavy (non-hydrogen) atoms. The summed E-state index contributed by atoms with van der Waals surface area (Å²) in [5.41, 5.74) is 1.11. The lowest BCUT2D eigenvalue weighted by molar-refractivity contribution is -0.114. The largest absolute Gasteiger partial charge is 0.326 e. The molecule has 0 bridgehead atoms. The van der Waals surface area contributed by atoms with Crippen LogP contribution in [0.2, 0.25) is 18.6 Å². The van der Waals surface area contributed by atoms with Crippen molar-refractivity contribution in [3.8, 4) is 0 Å². The van der Waals surface area contributed by atoms with E-state index in [4.69, 9.17) is 4.18 Å². The van der Waals surface area contributed by atoms with Crippen molar-refractivity contribution in [3.63, 3.8) is 0 Å². The topological polar surface area (TPSA) is 72.5 Å². The lowest BCUT2D eigenvalue weighted by atomic mass is 10.2. The van der Waals surface area contributed by atoms with Gasteiger partial charge < -0.3 is 5.32 Å². The predicted octanol–water partition coefficient (Wildman–Crippen LogP) is 4.53. The molecule has 1 unspecified atom stereocenters. The molecule has 5 nitrogen and oxygen atoms in total. The number of carbonyl (C=O) groups is 1. The Morgan fingerprint density at radius 2 is 1.69 bits per heavy atom. The van der Waals surface area contributed by atoms with Crippen LogP contribution >= 0.6 is 0 Å². The second kappa shape index (κ2) is 10.2. The third-order valence-corrected chi connectivity index (χ3v) is 11.3. The number of carbonyl (C=O) groups excluding carboxylic acids is 1. The normalized spacial score (nSPS) is 13.1. The third-order valence-electron chi connectivity index (χ3n) is 5.43. The van der Waals surface area contributed by atoms with Crippen molar-refractivity contribution in [3.05, 3.63) is 54.6 Å². The lowest BCUT2D eigenvalue weighted by Crippen LogP contribution is -2.45. The maximum Gasteiger partial charge on any atom is 0.296 e. The number of anilines is 1. The molecule has 0 aliphatic rings. The van der Waals surface area contributed by atoms with Crippen LogP contribution < -0.4 is 10.5 Å². The van der Waals surface area contributed by atoms with Gasteiger partial charge in [-0.05, 0) is 36.2 Å². The zero-order chi connectivity index (χ0) is 21.5. The maximum absolute atomic E-state index is 12.4. The quantitative estimate of drug-likeness (QED) is 0.339. The summed E-state index contributed by atoms with van der Waals surface area (Å²) in [5, 5.41) is 4.04. The van der Waals surface area contributed by atoms with Crippen LogP contribution in [0, 0.1) is 0 Å². The molecule has 0 aliphatic heterocycles. The first-order valence-corrected chi connectivity index (χ1v) is 14.5. The Hall–Kier alpha value is -1.96. The van der Waals surface area contributed by atoms with Crippen LogP contribution in [0.25, 0.3) is 0 Å². The second-order valence-electron chi connectivity index (χ2n) is 7.82. The third kappa shape index (κ3) is 6.52. The fraction of sp³-hybridized carbons (Fsp3) is 0.409. The van der Waals surface area contributed by atoms with Crippen molar-refractivity contribution in [1.29, 1.82) is 0 Å². The number of nitrogens with one attached hydrogen (secondary N) is 1. The van der Waals surface area contributed by atoms with Crippen LogP contribution in [-0.4, -0.2) is 29.0 Å². The maximum atomic E-state index is 12.4. The first kappa shape index (κ1) is 23.3. The first-order chi connectivity index (χ1) is 13.7. The second-order valence-corrected chi connectivity index (χ2v) is 14.3. The summed E-state index contributed by atoms with van der Waals surface area (Å²) in [7, 11) is -5.43. The molecular weight excluding hydrogens is 402 g/mol. The molecule has 158 valence electrons. The van der Waals surface area contributed by atoms with Crippen molar-refractivity contribution in [2.45, 2.75) is 56.6 Å². The molecule has 0 radical (unpaired) electrons. The van der Waals surface area contributed by atoms with Crippen LogP contribution in [0.1, 0.15) is 33.1 Å². The zero-order valence-electron chi connectivity index (χ0n) is 17.6. The zero-order valence-corrected chi connectivity index (χ0v) is 19.5. The smallest absolute Gasteiger partial charge is 0.296 e. The molecule has 1 amide bonds. The van der Waals surface area contributed by atoms with Gasteiger partial charge in [0.25, 0.3) is 10.1 Å². The van der Waals surface area contributed by atoms with E-state index in [1.54, 1.807) is 12.1 Å². The van der Waals surface area contributed by atoms with E-state index in [0.717, 1.165) is 12.8 Å². The molecule has 0 aliphatic carbocycles. The Bertz CT molecular complexity index is 896. The predicted molar refractivity (Wildman–Crippen MR) is 121 cm³/mol. The highest BCUT2D eigenvalue weighted by atomic mass is 32.2. The Balaban J connectivity index is 1.91.